The minimum absolute atomic E-state index is 0.213. The summed E-state index contributed by atoms with van der Waals surface area (Å²) in [5, 5.41) is 40.2. The number of allylic oxidation sites excluding steroid dienone is 2. The maximum Gasteiger partial charge on any atom is 0.306 e. The number of aliphatic hydroxyl groups is 4. The lowest BCUT2D eigenvalue weighted by molar-refractivity contribution is -0.305. The van der Waals surface area contributed by atoms with Crippen molar-refractivity contribution in [1.82, 2.24) is 0 Å². The van der Waals surface area contributed by atoms with E-state index in [1.165, 1.54) is 173 Å². The normalized spacial score (nSPS) is 19.6. The van der Waals surface area contributed by atoms with Crippen molar-refractivity contribution in [2.24, 2.45) is 0 Å². The number of carbonyl (C=O) groups is 2. The van der Waals surface area contributed by atoms with Gasteiger partial charge in [-0.25, -0.2) is 0 Å². The van der Waals surface area contributed by atoms with Crippen LogP contribution in [0.4, 0.5) is 0 Å². The maximum absolute atomic E-state index is 12.8. The molecule has 0 aromatic carbocycles. The fourth-order valence-electron chi connectivity index (χ4n) is 8.24. The zero-order chi connectivity index (χ0) is 45.1. The monoisotopic (exact) mass is 883 g/mol. The molecule has 1 fully saturated rings. The van der Waals surface area contributed by atoms with Crippen molar-refractivity contribution >= 4 is 11.9 Å². The number of hydrogen-bond donors (Lipinski definition) is 4. The van der Waals surface area contributed by atoms with Crippen LogP contribution in [0, 0.1) is 0 Å². The Kier molecular flexibility index (Phi) is 40.9. The average molecular weight is 883 g/mol. The molecule has 1 aliphatic heterocycles. The summed E-state index contributed by atoms with van der Waals surface area (Å²) in [4.78, 5) is 25.4. The van der Waals surface area contributed by atoms with Crippen LogP contribution in [0.2, 0.25) is 0 Å². The van der Waals surface area contributed by atoms with Gasteiger partial charge < -0.3 is 39.4 Å². The SMILES string of the molecule is CCCCCC/C=C/CCCCCCCCCC(=O)O[C@@H](COC(=O)CCCCCCCCCCCCCCCCCCCCCCCC)CO[C@H]1O[C@@H](CO)[C@@H](O)C(O)C1O. The Balaban J connectivity index is 2.21. The zero-order valence-electron chi connectivity index (χ0n) is 40.1. The molecular weight excluding hydrogens is 785 g/mol. The first kappa shape index (κ1) is 58.5. The van der Waals surface area contributed by atoms with E-state index < -0.39 is 49.4 Å². The summed E-state index contributed by atoms with van der Waals surface area (Å²) >= 11 is 0. The molecule has 366 valence electrons. The second kappa shape index (κ2) is 43.3. The molecule has 0 amide bonds. The Labute approximate surface area is 380 Å². The van der Waals surface area contributed by atoms with Crippen LogP contribution in [-0.2, 0) is 28.5 Å². The highest BCUT2D eigenvalue weighted by Gasteiger charge is 2.44. The molecule has 6 atom stereocenters. The Bertz CT molecular complexity index is 1020. The van der Waals surface area contributed by atoms with E-state index >= 15 is 0 Å². The molecule has 0 saturated carbocycles. The summed E-state index contributed by atoms with van der Waals surface area (Å²) in [6, 6.07) is 0. The molecule has 0 spiro atoms. The third-order valence-electron chi connectivity index (χ3n) is 12.4. The number of unbranched alkanes of at least 4 members (excludes halogenated alkanes) is 32. The number of ether oxygens (including phenoxy) is 4. The summed E-state index contributed by atoms with van der Waals surface area (Å²) in [6.45, 7) is 3.45. The molecule has 10 nitrogen and oxygen atoms in total. The Morgan fingerprint density at radius 3 is 1.27 bits per heavy atom. The Morgan fingerprint density at radius 2 is 0.855 bits per heavy atom. The van der Waals surface area contributed by atoms with Crippen LogP contribution in [0.25, 0.3) is 0 Å². The predicted octanol–water partition coefficient (Wildman–Crippen LogP) is 12.3. The molecule has 1 rings (SSSR count). The van der Waals surface area contributed by atoms with Crippen LogP contribution in [0.15, 0.2) is 12.2 Å². The molecular formula is C52H98O10. The zero-order valence-corrected chi connectivity index (χ0v) is 40.1. The predicted molar refractivity (Wildman–Crippen MR) is 252 cm³/mol. The molecule has 4 N–H and O–H groups in total. The average Bonchev–Trinajstić information content (AvgIpc) is 3.27. The van der Waals surface area contributed by atoms with Crippen LogP contribution in [-0.4, -0.2) is 89.0 Å². The van der Waals surface area contributed by atoms with Gasteiger partial charge >= 0.3 is 11.9 Å². The fourth-order valence-corrected chi connectivity index (χ4v) is 8.24. The number of esters is 2. The molecule has 0 bridgehead atoms. The van der Waals surface area contributed by atoms with E-state index in [0.29, 0.717) is 6.42 Å². The quantitative estimate of drug-likeness (QED) is 0.0264. The summed E-state index contributed by atoms with van der Waals surface area (Å²) in [5.41, 5.74) is 0. The summed E-state index contributed by atoms with van der Waals surface area (Å²) in [7, 11) is 0. The third-order valence-corrected chi connectivity index (χ3v) is 12.4. The van der Waals surface area contributed by atoms with E-state index in [4.69, 9.17) is 18.9 Å². The lowest BCUT2D eigenvalue weighted by atomic mass is 9.99. The van der Waals surface area contributed by atoms with Crippen molar-refractivity contribution in [3.05, 3.63) is 12.2 Å². The first-order valence-corrected chi connectivity index (χ1v) is 26.3. The second-order valence-corrected chi connectivity index (χ2v) is 18.3. The highest BCUT2D eigenvalue weighted by molar-refractivity contribution is 5.70. The molecule has 0 aromatic rings. The number of hydrogen-bond acceptors (Lipinski definition) is 10. The smallest absolute Gasteiger partial charge is 0.306 e. The van der Waals surface area contributed by atoms with Gasteiger partial charge in [-0.15, -0.1) is 0 Å². The minimum atomic E-state index is -1.59. The molecule has 0 radical (unpaired) electrons. The minimum Gasteiger partial charge on any atom is -0.462 e. The van der Waals surface area contributed by atoms with E-state index in [1.807, 2.05) is 0 Å². The highest BCUT2D eigenvalue weighted by atomic mass is 16.7. The van der Waals surface area contributed by atoms with E-state index in [-0.39, 0.29) is 32.0 Å². The van der Waals surface area contributed by atoms with Crippen molar-refractivity contribution < 1.29 is 49.0 Å². The molecule has 62 heavy (non-hydrogen) atoms. The van der Waals surface area contributed by atoms with Gasteiger partial charge in [-0.3, -0.25) is 9.59 Å². The lowest BCUT2D eigenvalue weighted by Gasteiger charge is -2.39. The maximum atomic E-state index is 12.8. The van der Waals surface area contributed by atoms with E-state index in [0.717, 1.165) is 44.9 Å². The van der Waals surface area contributed by atoms with E-state index in [1.54, 1.807) is 0 Å². The van der Waals surface area contributed by atoms with E-state index in [9.17, 15) is 30.0 Å². The number of aliphatic hydroxyl groups excluding tert-OH is 4. The summed E-state index contributed by atoms with van der Waals surface area (Å²) < 4.78 is 22.2. The fraction of sp³-hybridized carbons (Fsp3) is 0.923. The topological polar surface area (TPSA) is 152 Å². The lowest BCUT2D eigenvalue weighted by Crippen LogP contribution is -2.59. The van der Waals surface area contributed by atoms with Gasteiger partial charge in [0.15, 0.2) is 12.4 Å². The molecule has 1 heterocycles. The van der Waals surface area contributed by atoms with Gasteiger partial charge in [0.1, 0.15) is 31.0 Å². The van der Waals surface area contributed by atoms with Gasteiger partial charge in [0, 0.05) is 12.8 Å². The van der Waals surface area contributed by atoms with Gasteiger partial charge in [0.05, 0.1) is 13.2 Å². The van der Waals surface area contributed by atoms with Gasteiger partial charge in [-0.1, -0.05) is 212 Å². The summed E-state index contributed by atoms with van der Waals surface area (Å²) in [6.07, 6.45) is 40.8. The van der Waals surface area contributed by atoms with Crippen LogP contribution in [0.3, 0.4) is 0 Å². The Morgan fingerprint density at radius 1 is 0.484 bits per heavy atom. The standard InChI is InChI=1S/C52H98O10/c1-3-5-7-9-11-13-15-17-19-20-21-22-23-24-25-27-28-30-32-34-36-38-40-47(54)59-43-45(44-60-52-51(58)50(57)49(56)46(42-53)62-52)61-48(55)41-39-37-35-33-31-29-26-18-16-14-12-10-8-6-4-2/h14,16,45-46,49-53,56-58H,3-13,15,17-44H2,1-2H3/b16-14+/t45-,46-,49+,50?,51?,52-/m0/s1. The van der Waals surface area contributed by atoms with Crippen LogP contribution in [0.1, 0.15) is 251 Å². The molecule has 1 saturated heterocycles. The third kappa shape index (κ3) is 33.9. The molecule has 10 heteroatoms. The van der Waals surface area contributed by atoms with Crippen LogP contribution < -0.4 is 0 Å². The van der Waals surface area contributed by atoms with Gasteiger partial charge in [-0.05, 0) is 38.5 Å². The van der Waals surface area contributed by atoms with Crippen LogP contribution in [0.5, 0.6) is 0 Å². The summed E-state index contributed by atoms with van der Waals surface area (Å²) in [5.74, 6) is -0.796. The second-order valence-electron chi connectivity index (χ2n) is 18.3. The van der Waals surface area contributed by atoms with Crippen molar-refractivity contribution in [3.8, 4) is 0 Å². The molecule has 1 aliphatic rings. The van der Waals surface area contributed by atoms with Crippen molar-refractivity contribution in [3.63, 3.8) is 0 Å². The number of rotatable bonds is 45. The molecule has 0 aliphatic carbocycles. The van der Waals surface area contributed by atoms with Crippen molar-refractivity contribution in [2.45, 2.75) is 288 Å². The van der Waals surface area contributed by atoms with Gasteiger partial charge in [0.25, 0.3) is 0 Å². The number of carbonyl (C=O) groups excluding carboxylic acids is 2. The first-order chi connectivity index (χ1) is 30.3. The van der Waals surface area contributed by atoms with Crippen molar-refractivity contribution in [1.29, 1.82) is 0 Å². The van der Waals surface area contributed by atoms with E-state index in [2.05, 4.69) is 26.0 Å². The first-order valence-electron chi connectivity index (χ1n) is 26.3. The highest BCUT2D eigenvalue weighted by Crippen LogP contribution is 2.23. The Hall–Kier alpha value is -1.56. The van der Waals surface area contributed by atoms with Crippen LogP contribution >= 0.6 is 0 Å². The molecule has 0 aromatic heterocycles. The van der Waals surface area contributed by atoms with Gasteiger partial charge in [0.2, 0.25) is 0 Å². The van der Waals surface area contributed by atoms with Crippen molar-refractivity contribution in [2.75, 3.05) is 19.8 Å². The largest absolute Gasteiger partial charge is 0.462 e. The molecule has 2 unspecified atom stereocenters. The van der Waals surface area contributed by atoms with Gasteiger partial charge in [-0.2, -0.15) is 0 Å².